The van der Waals surface area contributed by atoms with Gasteiger partial charge in [-0.25, -0.2) is 4.98 Å². The number of hydrogen-bond acceptors (Lipinski definition) is 5. The maximum atomic E-state index is 11.5. The quantitative estimate of drug-likeness (QED) is 0.525. The van der Waals surface area contributed by atoms with Crippen LogP contribution in [0, 0.1) is 12.8 Å². The number of carboxylic acids is 1. The van der Waals surface area contributed by atoms with Crippen molar-refractivity contribution < 1.29 is 9.90 Å². The molecule has 0 aliphatic carbocycles. The highest BCUT2D eigenvalue weighted by Crippen LogP contribution is 2.43. The number of hydrogen-bond donors (Lipinski definition) is 1. The molecule has 1 N–H and O–H groups in total. The molecular formula is C19H17BrClN3O2S. The Labute approximate surface area is 174 Å². The molecule has 3 heterocycles. The minimum absolute atomic E-state index is 0.193. The number of aryl methyl sites for hydroxylation is 1. The largest absolute Gasteiger partial charge is 0.481 e. The number of rotatable bonds is 3. The van der Waals surface area contributed by atoms with E-state index in [9.17, 15) is 9.90 Å². The lowest BCUT2D eigenvalue weighted by Gasteiger charge is -2.32. The Morgan fingerprint density at radius 2 is 2.07 bits per heavy atom. The van der Waals surface area contributed by atoms with E-state index in [4.69, 9.17) is 11.6 Å². The lowest BCUT2D eigenvalue weighted by atomic mass is 9.97. The molecule has 1 aliphatic rings. The number of benzene rings is 1. The number of thiophene rings is 1. The van der Waals surface area contributed by atoms with Crippen molar-refractivity contribution in [2.45, 2.75) is 19.8 Å². The van der Waals surface area contributed by atoms with Crippen LogP contribution in [0.4, 0.5) is 5.82 Å². The third-order valence-corrected chi connectivity index (χ3v) is 6.58. The van der Waals surface area contributed by atoms with Gasteiger partial charge in [-0.2, -0.15) is 4.98 Å². The number of nitrogens with zero attached hydrogens (tertiary/aromatic N) is 3. The maximum absolute atomic E-state index is 11.5. The Kier molecular flexibility index (Phi) is 5.09. The molecule has 1 unspecified atom stereocenters. The molecule has 140 valence electrons. The first-order valence-electron chi connectivity index (χ1n) is 8.64. The van der Waals surface area contributed by atoms with Crippen molar-refractivity contribution in [1.82, 2.24) is 9.97 Å². The van der Waals surface area contributed by atoms with Crippen LogP contribution >= 0.6 is 38.9 Å². The zero-order chi connectivity index (χ0) is 19.1. The van der Waals surface area contributed by atoms with Gasteiger partial charge in [0.25, 0.3) is 0 Å². The minimum atomic E-state index is -0.759. The van der Waals surface area contributed by atoms with Crippen LogP contribution in [0.15, 0.2) is 28.7 Å². The van der Waals surface area contributed by atoms with Crippen molar-refractivity contribution in [1.29, 1.82) is 0 Å². The average Bonchev–Trinajstić information content (AvgIpc) is 2.97. The molecule has 3 aromatic rings. The smallest absolute Gasteiger partial charge is 0.308 e. The molecule has 1 aliphatic heterocycles. The SMILES string of the molecule is Cc1sc2nc(Cl)nc(N3CCCC(C(=O)O)C3)c2c1-c1ccc(Br)cc1. The standard InChI is InChI=1S/C19H17BrClN3O2S/c1-10-14(11-4-6-13(20)7-5-11)15-16(22-19(21)23-17(15)27-10)24-8-2-3-12(9-24)18(25)26/h4-7,12H,2-3,8-9H2,1H3,(H,25,26). The van der Waals surface area contributed by atoms with Crippen molar-refractivity contribution in [2.24, 2.45) is 5.92 Å². The number of aliphatic carboxylic acids is 1. The fourth-order valence-electron chi connectivity index (χ4n) is 3.63. The van der Waals surface area contributed by atoms with Crippen LogP contribution < -0.4 is 4.90 Å². The van der Waals surface area contributed by atoms with Crippen LogP contribution in [0.1, 0.15) is 17.7 Å². The van der Waals surface area contributed by atoms with Crippen LogP contribution in [0.25, 0.3) is 21.3 Å². The minimum Gasteiger partial charge on any atom is -0.481 e. The van der Waals surface area contributed by atoms with E-state index in [1.807, 2.05) is 17.0 Å². The number of anilines is 1. The summed E-state index contributed by atoms with van der Waals surface area (Å²) in [4.78, 5) is 24.5. The van der Waals surface area contributed by atoms with E-state index in [0.717, 1.165) is 49.5 Å². The molecule has 0 saturated carbocycles. The molecule has 1 fully saturated rings. The second kappa shape index (κ2) is 7.37. The summed E-state index contributed by atoms with van der Waals surface area (Å²) < 4.78 is 1.02. The zero-order valence-electron chi connectivity index (χ0n) is 14.6. The van der Waals surface area contributed by atoms with E-state index in [1.54, 1.807) is 11.3 Å². The molecule has 1 atom stereocenters. The predicted molar refractivity (Wildman–Crippen MR) is 113 cm³/mol. The van der Waals surface area contributed by atoms with Crippen LogP contribution in [-0.2, 0) is 4.79 Å². The summed E-state index contributed by atoms with van der Waals surface area (Å²) in [6.07, 6.45) is 1.51. The van der Waals surface area contributed by atoms with Crippen LogP contribution in [0.2, 0.25) is 5.28 Å². The number of piperidine rings is 1. The lowest BCUT2D eigenvalue weighted by molar-refractivity contribution is -0.141. The van der Waals surface area contributed by atoms with Gasteiger partial charge in [-0.1, -0.05) is 28.1 Å². The van der Waals surface area contributed by atoms with Gasteiger partial charge in [0, 0.05) is 28.0 Å². The van der Waals surface area contributed by atoms with Gasteiger partial charge in [0.15, 0.2) is 0 Å². The summed E-state index contributed by atoms with van der Waals surface area (Å²) in [7, 11) is 0. The van der Waals surface area contributed by atoms with Gasteiger partial charge < -0.3 is 10.0 Å². The Morgan fingerprint density at radius 1 is 1.33 bits per heavy atom. The number of carbonyl (C=O) groups is 1. The Balaban J connectivity index is 1.90. The van der Waals surface area contributed by atoms with Gasteiger partial charge in [0.2, 0.25) is 5.28 Å². The van der Waals surface area contributed by atoms with Crippen molar-refractivity contribution in [3.8, 4) is 11.1 Å². The fourth-order valence-corrected chi connectivity index (χ4v) is 5.15. The van der Waals surface area contributed by atoms with Crippen molar-refractivity contribution in [3.05, 3.63) is 38.9 Å². The molecule has 1 saturated heterocycles. The van der Waals surface area contributed by atoms with Gasteiger partial charge in [0.05, 0.1) is 11.3 Å². The molecule has 8 heteroatoms. The highest BCUT2D eigenvalue weighted by molar-refractivity contribution is 9.10. The first kappa shape index (κ1) is 18.7. The monoisotopic (exact) mass is 465 g/mol. The van der Waals surface area contributed by atoms with Crippen molar-refractivity contribution in [2.75, 3.05) is 18.0 Å². The van der Waals surface area contributed by atoms with Gasteiger partial charge >= 0.3 is 5.97 Å². The molecule has 0 bridgehead atoms. The van der Waals surface area contributed by atoms with Crippen molar-refractivity contribution >= 4 is 60.9 Å². The first-order chi connectivity index (χ1) is 12.9. The van der Waals surface area contributed by atoms with E-state index in [0.29, 0.717) is 13.0 Å². The molecular weight excluding hydrogens is 450 g/mol. The number of aromatic nitrogens is 2. The third-order valence-electron chi connectivity index (χ3n) is 4.88. The maximum Gasteiger partial charge on any atom is 0.308 e. The average molecular weight is 467 g/mol. The van der Waals surface area contributed by atoms with Crippen LogP contribution in [0.3, 0.4) is 0 Å². The third kappa shape index (κ3) is 3.56. The summed E-state index contributed by atoms with van der Waals surface area (Å²) in [5, 5.41) is 10.6. The van der Waals surface area contributed by atoms with E-state index in [-0.39, 0.29) is 5.28 Å². The van der Waals surface area contributed by atoms with E-state index in [1.165, 1.54) is 0 Å². The Hall–Kier alpha value is -1.70. The van der Waals surface area contributed by atoms with Crippen LogP contribution in [-0.4, -0.2) is 34.1 Å². The molecule has 2 aromatic heterocycles. The summed E-state index contributed by atoms with van der Waals surface area (Å²) in [6.45, 7) is 3.27. The Morgan fingerprint density at radius 3 is 2.78 bits per heavy atom. The molecule has 0 radical (unpaired) electrons. The van der Waals surface area contributed by atoms with E-state index >= 15 is 0 Å². The molecule has 4 rings (SSSR count). The van der Waals surface area contributed by atoms with Crippen molar-refractivity contribution in [3.63, 3.8) is 0 Å². The second-order valence-electron chi connectivity index (χ2n) is 6.66. The van der Waals surface area contributed by atoms with Crippen LogP contribution in [0.5, 0.6) is 0 Å². The fraction of sp³-hybridized carbons (Fsp3) is 0.316. The lowest BCUT2D eigenvalue weighted by Crippen LogP contribution is -2.39. The summed E-state index contributed by atoms with van der Waals surface area (Å²) in [5.74, 6) is -0.414. The number of carboxylic acid groups (broad SMARTS) is 1. The first-order valence-corrected chi connectivity index (χ1v) is 10.6. The van der Waals surface area contributed by atoms with E-state index < -0.39 is 11.9 Å². The highest BCUT2D eigenvalue weighted by atomic mass is 79.9. The normalized spacial score (nSPS) is 17.4. The summed E-state index contributed by atoms with van der Waals surface area (Å²) in [6, 6.07) is 8.15. The highest BCUT2D eigenvalue weighted by Gasteiger charge is 2.29. The van der Waals surface area contributed by atoms with Gasteiger partial charge in [0.1, 0.15) is 10.6 Å². The summed E-state index contributed by atoms with van der Waals surface area (Å²) in [5.41, 5.74) is 2.17. The van der Waals surface area contributed by atoms with Gasteiger partial charge in [-0.3, -0.25) is 4.79 Å². The predicted octanol–water partition coefficient (Wildman–Crippen LogP) is 5.38. The second-order valence-corrected chi connectivity index (χ2v) is 9.12. The van der Waals surface area contributed by atoms with E-state index in [2.05, 4.69) is 45.0 Å². The zero-order valence-corrected chi connectivity index (χ0v) is 17.7. The molecule has 5 nitrogen and oxygen atoms in total. The molecule has 0 spiro atoms. The van der Waals surface area contributed by atoms with Gasteiger partial charge in [-0.05, 0) is 49.1 Å². The summed E-state index contributed by atoms with van der Waals surface area (Å²) >= 11 is 11.3. The number of halogens is 2. The molecule has 0 amide bonds. The Bertz CT molecular complexity index is 1020. The van der Waals surface area contributed by atoms with Gasteiger partial charge in [-0.15, -0.1) is 11.3 Å². The molecule has 27 heavy (non-hydrogen) atoms. The molecule has 1 aromatic carbocycles. The topological polar surface area (TPSA) is 66.3 Å². The number of fused-ring (bicyclic) bond motifs is 1.